The third kappa shape index (κ3) is 2.83. The summed E-state index contributed by atoms with van der Waals surface area (Å²) in [5.41, 5.74) is -1.65. The Kier molecular flexibility index (Phi) is 4.25. The van der Waals surface area contributed by atoms with Crippen molar-refractivity contribution in [3.63, 3.8) is 0 Å². The second kappa shape index (κ2) is 5.96. The van der Waals surface area contributed by atoms with Crippen LogP contribution in [0.3, 0.4) is 0 Å². The SMILES string of the molecule is C[C@@H]1CCCCN1c1c([N+](=O)[O-])cc(C(=O)O)cc1[N+](=O)[O-]. The molecule has 22 heavy (non-hydrogen) atoms. The van der Waals surface area contributed by atoms with E-state index in [1.54, 1.807) is 4.90 Å². The lowest BCUT2D eigenvalue weighted by molar-refractivity contribution is -0.392. The molecular formula is C13H15N3O6. The molecule has 1 N–H and O–H groups in total. The van der Waals surface area contributed by atoms with Crippen LogP contribution >= 0.6 is 0 Å². The van der Waals surface area contributed by atoms with Crippen LogP contribution in [0.5, 0.6) is 0 Å². The van der Waals surface area contributed by atoms with Crippen molar-refractivity contribution in [3.8, 4) is 0 Å². The van der Waals surface area contributed by atoms with E-state index in [-0.39, 0.29) is 11.7 Å². The molecule has 1 aliphatic rings. The molecule has 1 saturated heterocycles. The molecule has 1 heterocycles. The number of piperidine rings is 1. The lowest BCUT2D eigenvalue weighted by atomic mass is 10.0. The van der Waals surface area contributed by atoms with Crippen molar-refractivity contribution >= 4 is 23.0 Å². The molecule has 9 heteroatoms. The molecule has 0 unspecified atom stereocenters. The fourth-order valence-electron chi connectivity index (χ4n) is 2.73. The molecule has 9 nitrogen and oxygen atoms in total. The predicted octanol–water partition coefficient (Wildman–Crippen LogP) is 2.58. The highest BCUT2D eigenvalue weighted by molar-refractivity contribution is 5.92. The Hall–Kier alpha value is -2.71. The van der Waals surface area contributed by atoms with E-state index in [1.165, 1.54) is 0 Å². The van der Waals surface area contributed by atoms with Crippen LogP contribution < -0.4 is 4.90 Å². The number of nitrogens with zero attached hydrogens (tertiary/aromatic N) is 3. The van der Waals surface area contributed by atoms with Crippen LogP contribution in [0, 0.1) is 20.2 Å². The monoisotopic (exact) mass is 309 g/mol. The minimum Gasteiger partial charge on any atom is -0.478 e. The molecule has 1 aromatic rings. The molecule has 1 aromatic carbocycles. The highest BCUT2D eigenvalue weighted by Gasteiger charge is 2.35. The highest BCUT2D eigenvalue weighted by Crippen LogP contribution is 2.41. The lowest BCUT2D eigenvalue weighted by Crippen LogP contribution is -2.38. The first-order valence-electron chi connectivity index (χ1n) is 6.79. The van der Waals surface area contributed by atoms with E-state index in [0.717, 1.165) is 31.4 Å². The van der Waals surface area contributed by atoms with Crippen LogP contribution in [0.25, 0.3) is 0 Å². The molecule has 1 atom stereocenters. The van der Waals surface area contributed by atoms with Crippen LogP contribution in [-0.2, 0) is 0 Å². The second-order valence-corrected chi connectivity index (χ2v) is 5.22. The average Bonchev–Trinajstić information content (AvgIpc) is 2.46. The van der Waals surface area contributed by atoms with Gasteiger partial charge < -0.3 is 10.0 Å². The van der Waals surface area contributed by atoms with Gasteiger partial charge in [-0.05, 0) is 26.2 Å². The maximum absolute atomic E-state index is 11.3. The third-order valence-corrected chi connectivity index (χ3v) is 3.80. The summed E-state index contributed by atoms with van der Waals surface area (Å²) in [6.07, 6.45) is 2.50. The van der Waals surface area contributed by atoms with Gasteiger partial charge in [0, 0.05) is 24.7 Å². The van der Waals surface area contributed by atoms with Crippen molar-refractivity contribution in [2.45, 2.75) is 32.2 Å². The Labute approximate surface area is 125 Å². The lowest BCUT2D eigenvalue weighted by Gasteiger charge is -2.34. The summed E-state index contributed by atoms with van der Waals surface area (Å²) < 4.78 is 0. The minimum absolute atomic E-state index is 0.0816. The maximum Gasteiger partial charge on any atom is 0.336 e. The van der Waals surface area contributed by atoms with Gasteiger partial charge in [0.05, 0.1) is 15.4 Å². The second-order valence-electron chi connectivity index (χ2n) is 5.22. The van der Waals surface area contributed by atoms with Crippen LogP contribution in [0.2, 0.25) is 0 Å². The van der Waals surface area contributed by atoms with Crippen molar-refractivity contribution in [1.29, 1.82) is 0 Å². The number of nitro groups is 2. The number of carbonyl (C=O) groups is 1. The summed E-state index contributed by atoms with van der Waals surface area (Å²) in [6, 6.07) is 1.68. The van der Waals surface area contributed by atoms with Crippen molar-refractivity contribution < 1.29 is 19.7 Å². The van der Waals surface area contributed by atoms with E-state index < -0.39 is 32.8 Å². The van der Waals surface area contributed by atoms with Gasteiger partial charge in [0.25, 0.3) is 0 Å². The van der Waals surface area contributed by atoms with E-state index in [9.17, 15) is 25.0 Å². The molecule has 0 spiro atoms. The normalized spacial score (nSPS) is 18.0. The number of nitro benzene ring substituents is 2. The predicted molar refractivity (Wildman–Crippen MR) is 77.4 cm³/mol. The number of hydrogen-bond donors (Lipinski definition) is 1. The fourth-order valence-corrected chi connectivity index (χ4v) is 2.73. The van der Waals surface area contributed by atoms with Crippen LogP contribution in [-0.4, -0.2) is 33.5 Å². The quantitative estimate of drug-likeness (QED) is 0.668. The summed E-state index contributed by atoms with van der Waals surface area (Å²) in [5, 5.41) is 31.6. The van der Waals surface area contributed by atoms with Crippen LogP contribution in [0.1, 0.15) is 36.5 Å². The van der Waals surface area contributed by atoms with Crippen molar-refractivity contribution in [2.24, 2.45) is 0 Å². The summed E-state index contributed by atoms with van der Waals surface area (Å²) >= 11 is 0. The average molecular weight is 309 g/mol. The third-order valence-electron chi connectivity index (χ3n) is 3.80. The number of rotatable bonds is 4. The van der Waals surface area contributed by atoms with Crippen LogP contribution in [0.4, 0.5) is 17.1 Å². The molecule has 1 fully saturated rings. The van der Waals surface area contributed by atoms with Crippen molar-refractivity contribution in [1.82, 2.24) is 0 Å². The van der Waals surface area contributed by atoms with E-state index >= 15 is 0 Å². The summed E-state index contributed by atoms with van der Waals surface area (Å²) in [7, 11) is 0. The van der Waals surface area contributed by atoms with Crippen molar-refractivity contribution in [3.05, 3.63) is 37.9 Å². The fraction of sp³-hybridized carbons (Fsp3) is 0.462. The zero-order valence-corrected chi connectivity index (χ0v) is 11.9. The zero-order valence-electron chi connectivity index (χ0n) is 11.9. The Morgan fingerprint density at radius 3 is 2.18 bits per heavy atom. The van der Waals surface area contributed by atoms with Gasteiger partial charge >= 0.3 is 17.3 Å². The van der Waals surface area contributed by atoms with E-state index in [0.29, 0.717) is 6.54 Å². The number of hydrogen-bond acceptors (Lipinski definition) is 6. The molecular weight excluding hydrogens is 294 g/mol. The molecule has 0 saturated carbocycles. The van der Waals surface area contributed by atoms with Gasteiger partial charge in [-0.3, -0.25) is 20.2 Å². The largest absolute Gasteiger partial charge is 0.478 e. The van der Waals surface area contributed by atoms with Gasteiger partial charge in [0.2, 0.25) is 0 Å². The molecule has 0 radical (unpaired) electrons. The molecule has 0 aromatic heterocycles. The van der Waals surface area contributed by atoms with Crippen LogP contribution in [0.15, 0.2) is 12.1 Å². The van der Waals surface area contributed by atoms with E-state index in [1.807, 2.05) is 6.92 Å². The van der Waals surface area contributed by atoms with Gasteiger partial charge in [-0.15, -0.1) is 0 Å². The Morgan fingerprint density at radius 1 is 1.23 bits per heavy atom. The zero-order chi connectivity index (χ0) is 16.4. The molecule has 1 aliphatic heterocycles. The number of aromatic carboxylic acids is 1. The van der Waals surface area contributed by atoms with Gasteiger partial charge in [-0.25, -0.2) is 4.79 Å². The van der Waals surface area contributed by atoms with Gasteiger partial charge in [0.15, 0.2) is 5.69 Å². The van der Waals surface area contributed by atoms with Gasteiger partial charge in [-0.1, -0.05) is 0 Å². The summed E-state index contributed by atoms with van der Waals surface area (Å²) in [6.45, 7) is 2.31. The number of carboxylic acids is 1. The van der Waals surface area contributed by atoms with E-state index in [4.69, 9.17) is 5.11 Å². The molecule has 0 aliphatic carbocycles. The Balaban J connectivity index is 2.70. The number of carboxylic acid groups (broad SMARTS) is 1. The van der Waals surface area contributed by atoms with E-state index in [2.05, 4.69) is 0 Å². The number of benzene rings is 1. The molecule has 2 rings (SSSR count). The molecule has 118 valence electrons. The highest BCUT2D eigenvalue weighted by atomic mass is 16.6. The van der Waals surface area contributed by atoms with Gasteiger partial charge in [0.1, 0.15) is 0 Å². The Bertz CT molecular complexity index is 610. The minimum atomic E-state index is -1.44. The summed E-state index contributed by atoms with van der Waals surface area (Å²) in [4.78, 5) is 33.7. The molecule has 0 amide bonds. The van der Waals surface area contributed by atoms with Gasteiger partial charge in [-0.2, -0.15) is 0 Å². The van der Waals surface area contributed by atoms with Crippen molar-refractivity contribution in [2.75, 3.05) is 11.4 Å². The first-order chi connectivity index (χ1) is 10.3. The first kappa shape index (κ1) is 15.7. The molecule has 0 bridgehead atoms. The topological polar surface area (TPSA) is 127 Å². The summed E-state index contributed by atoms with van der Waals surface area (Å²) in [5.74, 6) is -1.44. The number of anilines is 1. The smallest absolute Gasteiger partial charge is 0.336 e. The Morgan fingerprint density at radius 2 is 1.77 bits per heavy atom. The maximum atomic E-state index is 11.3. The first-order valence-corrected chi connectivity index (χ1v) is 6.79. The standard InChI is InChI=1S/C13H15N3O6/c1-8-4-2-3-5-14(8)12-10(15(19)20)6-9(13(17)18)7-11(12)16(21)22/h6-8H,2-5H2,1H3,(H,17,18)/t8-/m1/s1.